The standard InChI is InChI=1S/C13H21NO5/c1-2-8-6-9(10(7-8)13(18)19)12(17)14-5-3-4-11(15)16/h8-10H,2-7H2,1H3,(H,14,17)(H,15,16)(H,18,19). The monoisotopic (exact) mass is 271 g/mol. The molecule has 108 valence electrons. The van der Waals surface area contributed by atoms with E-state index in [-0.39, 0.29) is 24.8 Å². The molecular formula is C13H21NO5. The molecule has 1 fully saturated rings. The number of hydrogen-bond donors (Lipinski definition) is 3. The Bertz CT molecular complexity index is 355. The average Bonchev–Trinajstić information content (AvgIpc) is 2.78. The van der Waals surface area contributed by atoms with Crippen LogP contribution in [0.5, 0.6) is 0 Å². The van der Waals surface area contributed by atoms with Gasteiger partial charge >= 0.3 is 11.9 Å². The Balaban J connectivity index is 2.45. The lowest BCUT2D eigenvalue weighted by Crippen LogP contribution is -2.35. The summed E-state index contributed by atoms with van der Waals surface area (Å²) in [6.07, 6.45) is 2.41. The predicted octanol–water partition coefficient (Wildman–Crippen LogP) is 1.10. The zero-order chi connectivity index (χ0) is 14.4. The summed E-state index contributed by atoms with van der Waals surface area (Å²) in [5.41, 5.74) is 0. The van der Waals surface area contributed by atoms with Crippen molar-refractivity contribution in [2.24, 2.45) is 17.8 Å². The van der Waals surface area contributed by atoms with Crippen molar-refractivity contribution in [2.45, 2.75) is 39.0 Å². The summed E-state index contributed by atoms with van der Waals surface area (Å²) in [4.78, 5) is 33.4. The van der Waals surface area contributed by atoms with Gasteiger partial charge in [-0.05, 0) is 25.2 Å². The maximum atomic E-state index is 11.9. The predicted molar refractivity (Wildman–Crippen MR) is 67.5 cm³/mol. The minimum atomic E-state index is -0.915. The van der Waals surface area contributed by atoms with Crippen LogP contribution in [0, 0.1) is 17.8 Å². The fourth-order valence-electron chi connectivity index (χ4n) is 2.62. The van der Waals surface area contributed by atoms with Gasteiger partial charge in [-0.15, -0.1) is 0 Å². The van der Waals surface area contributed by atoms with Crippen molar-refractivity contribution in [3.63, 3.8) is 0 Å². The maximum absolute atomic E-state index is 11.9. The molecule has 0 spiro atoms. The SMILES string of the molecule is CCC1CC(C(=O)O)C(C(=O)NCCCC(=O)O)C1. The van der Waals surface area contributed by atoms with Crippen LogP contribution >= 0.6 is 0 Å². The normalized spacial score (nSPS) is 26.1. The quantitative estimate of drug-likeness (QED) is 0.602. The van der Waals surface area contributed by atoms with Crippen LogP contribution < -0.4 is 5.32 Å². The molecule has 3 atom stereocenters. The zero-order valence-electron chi connectivity index (χ0n) is 11.1. The summed E-state index contributed by atoms with van der Waals surface area (Å²) in [7, 11) is 0. The van der Waals surface area contributed by atoms with Gasteiger partial charge in [0.15, 0.2) is 0 Å². The smallest absolute Gasteiger partial charge is 0.307 e. The second kappa shape index (κ2) is 7.11. The van der Waals surface area contributed by atoms with Crippen LogP contribution in [0.15, 0.2) is 0 Å². The van der Waals surface area contributed by atoms with Gasteiger partial charge in [-0.3, -0.25) is 14.4 Å². The average molecular weight is 271 g/mol. The molecule has 1 aliphatic rings. The number of amides is 1. The fraction of sp³-hybridized carbons (Fsp3) is 0.769. The van der Waals surface area contributed by atoms with E-state index in [9.17, 15) is 14.4 Å². The Morgan fingerprint density at radius 1 is 1.16 bits per heavy atom. The van der Waals surface area contributed by atoms with E-state index in [1.165, 1.54) is 0 Å². The van der Waals surface area contributed by atoms with E-state index in [0.29, 0.717) is 19.3 Å². The van der Waals surface area contributed by atoms with E-state index in [1.807, 2.05) is 6.92 Å². The number of carboxylic acid groups (broad SMARTS) is 2. The first-order chi connectivity index (χ1) is 8.95. The van der Waals surface area contributed by atoms with Crippen LogP contribution in [0.25, 0.3) is 0 Å². The minimum Gasteiger partial charge on any atom is -0.481 e. The first kappa shape index (κ1) is 15.5. The van der Waals surface area contributed by atoms with Crippen molar-refractivity contribution >= 4 is 17.8 Å². The van der Waals surface area contributed by atoms with Crippen LogP contribution in [-0.4, -0.2) is 34.6 Å². The molecule has 1 aliphatic carbocycles. The molecule has 0 aromatic heterocycles. The summed E-state index contributed by atoms with van der Waals surface area (Å²) in [5.74, 6) is -2.87. The molecule has 0 heterocycles. The van der Waals surface area contributed by atoms with E-state index in [1.54, 1.807) is 0 Å². The van der Waals surface area contributed by atoms with Crippen LogP contribution in [0.3, 0.4) is 0 Å². The third kappa shape index (κ3) is 4.54. The van der Waals surface area contributed by atoms with E-state index >= 15 is 0 Å². The molecule has 1 rings (SSSR count). The number of carboxylic acids is 2. The molecular weight excluding hydrogens is 250 g/mol. The van der Waals surface area contributed by atoms with Crippen molar-refractivity contribution in [1.29, 1.82) is 0 Å². The molecule has 3 N–H and O–H groups in total. The molecule has 1 amide bonds. The molecule has 0 aromatic rings. The molecule has 0 aromatic carbocycles. The maximum Gasteiger partial charge on any atom is 0.307 e. The van der Waals surface area contributed by atoms with Crippen LogP contribution in [-0.2, 0) is 14.4 Å². The van der Waals surface area contributed by atoms with Gasteiger partial charge in [0, 0.05) is 13.0 Å². The lowest BCUT2D eigenvalue weighted by atomic mass is 9.95. The van der Waals surface area contributed by atoms with Gasteiger partial charge in [-0.25, -0.2) is 0 Å². The first-order valence-corrected chi connectivity index (χ1v) is 6.68. The van der Waals surface area contributed by atoms with Crippen molar-refractivity contribution in [1.82, 2.24) is 5.32 Å². The summed E-state index contributed by atoms with van der Waals surface area (Å²) < 4.78 is 0. The Labute approximate surface area is 112 Å². The lowest BCUT2D eigenvalue weighted by molar-refractivity contribution is -0.146. The van der Waals surface area contributed by atoms with Crippen LogP contribution in [0.1, 0.15) is 39.0 Å². The highest BCUT2D eigenvalue weighted by molar-refractivity contribution is 5.85. The van der Waals surface area contributed by atoms with Gasteiger partial charge < -0.3 is 15.5 Å². The summed E-state index contributed by atoms with van der Waals surface area (Å²) >= 11 is 0. The third-order valence-corrected chi connectivity index (χ3v) is 3.76. The van der Waals surface area contributed by atoms with E-state index in [4.69, 9.17) is 10.2 Å². The zero-order valence-corrected chi connectivity index (χ0v) is 11.1. The Morgan fingerprint density at radius 2 is 1.79 bits per heavy atom. The molecule has 6 nitrogen and oxygen atoms in total. The van der Waals surface area contributed by atoms with Crippen molar-refractivity contribution < 1.29 is 24.6 Å². The molecule has 0 radical (unpaired) electrons. The molecule has 0 saturated heterocycles. The van der Waals surface area contributed by atoms with E-state index < -0.39 is 23.8 Å². The highest BCUT2D eigenvalue weighted by Gasteiger charge is 2.41. The summed E-state index contributed by atoms with van der Waals surface area (Å²) in [6, 6.07) is 0. The first-order valence-electron chi connectivity index (χ1n) is 6.68. The van der Waals surface area contributed by atoms with Crippen molar-refractivity contribution in [2.75, 3.05) is 6.54 Å². The van der Waals surface area contributed by atoms with Gasteiger partial charge in [-0.1, -0.05) is 13.3 Å². The summed E-state index contributed by atoms with van der Waals surface area (Å²) in [5, 5.41) is 20.3. The highest BCUT2D eigenvalue weighted by Crippen LogP contribution is 2.38. The summed E-state index contributed by atoms with van der Waals surface area (Å²) in [6.45, 7) is 2.28. The van der Waals surface area contributed by atoms with Gasteiger partial charge in [-0.2, -0.15) is 0 Å². The molecule has 3 unspecified atom stereocenters. The number of carbonyl (C=O) groups excluding carboxylic acids is 1. The largest absolute Gasteiger partial charge is 0.481 e. The van der Waals surface area contributed by atoms with Gasteiger partial charge in [0.25, 0.3) is 0 Å². The van der Waals surface area contributed by atoms with Crippen molar-refractivity contribution in [3.05, 3.63) is 0 Å². The number of nitrogens with one attached hydrogen (secondary N) is 1. The van der Waals surface area contributed by atoms with E-state index in [2.05, 4.69) is 5.32 Å². The fourth-order valence-corrected chi connectivity index (χ4v) is 2.62. The van der Waals surface area contributed by atoms with Crippen LogP contribution in [0.4, 0.5) is 0 Å². The van der Waals surface area contributed by atoms with Gasteiger partial charge in [0.2, 0.25) is 5.91 Å². The third-order valence-electron chi connectivity index (χ3n) is 3.76. The Kier molecular flexibility index (Phi) is 5.79. The highest BCUT2D eigenvalue weighted by atomic mass is 16.4. The van der Waals surface area contributed by atoms with Crippen molar-refractivity contribution in [3.8, 4) is 0 Å². The Hall–Kier alpha value is -1.59. The van der Waals surface area contributed by atoms with Gasteiger partial charge in [0.1, 0.15) is 0 Å². The number of rotatable bonds is 7. The topological polar surface area (TPSA) is 104 Å². The second-order valence-corrected chi connectivity index (χ2v) is 5.09. The molecule has 0 bridgehead atoms. The van der Waals surface area contributed by atoms with Crippen LogP contribution in [0.2, 0.25) is 0 Å². The van der Waals surface area contributed by atoms with Gasteiger partial charge in [0.05, 0.1) is 11.8 Å². The number of carbonyl (C=O) groups is 3. The number of hydrogen-bond acceptors (Lipinski definition) is 3. The van der Waals surface area contributed by atoms with E-state index in [0.717, 1.165) is 6.42 Å². The Morgan fingerprint density at radius 3 is 2.32 bits per heavy atom. The molecule has 6 heteroatoms. The minimum absolute atomic E-state index is 0.00485. The number of aliphatic carboxylic acids is 2. The molecule has 0 aliphatic heterocycles. The lowest BCUT2D eigenvalue weighted by Gasteiger charge is -2.15. The molecule has 19 heavy (non-hydrogen) atoms. The second-order valence-electron chi connectivity index (χ2n) is 5.09. The molecule has 1 saturated carbocycles.